The number of aromatic nitrogens is 1. The Kier molecular flexibility index (Phi) is 6.51. The molecule has 1 unspecified atom stereocenters. The highest BCUT2D eigenvalue weighted by Crippen LogP contribution is 2.21. The summed E-state index contributed by atoms with van der Waals surface area (Å²) in [4.78, 5) is 21.2. The monoisotopic (exact) mass is 405 g/mol. The summed E-state index contributed by atoms with van der Waals surface area (Å²) in [5.41, 5.74) is 1.41. The van der Waals surface area contributed by atoms with Gasteiger partial charge in [0.25, 0.3) is 0 Å². The third-order valence-corrected chi connectivity index (χ3v) is 6.63. The van der Waals surface area contributed by atoms with Crippen LogP contribution < -0.4 is 0 Å². The van der Waals surface area contributed by atoms with Gasteiger partial charge in [-0.15, -0.1) is 0 Å². The highest BCUT2D eigenvalue weighted by Gasteiger charge is 2.34. The molecule has 2 aromatic rings. The lowest BCUT2D eigenvalue weighted by atomic mass is 10.1. The van der Waals surface area contributed by atoms with Gasteiger partial charge in [0, 0.05) is 18.2 Å². The molecular weight excluding hydrogens is 378 g/mol. The summed E-state index contributed by atoms with van der Waals surface area (Å²) in [7, 11) is 0.899. The second kappa shape index (κ2) is 8.87. The van der Waals surface area contributed by atoms with Crippen LogP contribution in [-0.2, 0) is 21.1 Å². The molecule has 0 radical (unpaired) electrons. The van der Waals surface area contributed by atoms with Crippen molar-refractivity contribution in [3.8, 4) is 11.5 Å². The predicted molar refractivity (Wildman–Crippen MR) is 108 cm³/mol. The van der Waals surface area contributed by atoms with Gasteiger partial charge in [0.05, 0.1) is 23.6 Å². The van der Waals surface area contributed by atoms with Crippen LogP contribution in [-0.4, -0.2) is 73.8 Å². The number of benzene rings is 1. The van der Waals surface area contributed by atoms with E-state index in [4.69, 9.17) is 4.42 Å². The van der Waals surface area contributed by atoms with Crippen molar-refractivity contribution < 1.29 is 17.6 Å². The van der Waals surface area contributed by atoms with Crippen molar-refractivity contribution in [2.24, 2.45) is 0 Å². The Balaban J connectivity index is 1.69. The fourth-order valence-electron chi connectivity index (χ4n) is 3.45. The third kappa shape index (κ3) is 5.42. The van der Waals surface area contributed by atoms with Crippen molar-refractivity contribution in [3.05, 3.63) is 42.3 Å². The van der Waals surface area contributed by atoms with Crippen LogP contribution in [0.4, 0.5) is 0 Å². The van der Waals surface area contributed by atoms with Gasteiger partial charge in [0.15, 0.2) is 9.84 Å². The largest absolute Gasteiger partial charge is 0.444 e. The second-order valence-corrected chi connectivity index (χ2v) is 9.72. The quantitative estimate of drug-likeness (QED) is 0.667. The summed E-state index contributed by atoms with van der Waals surface area (Å²) >= 11 is 0. The first kappa shape index (κ1) is 20.5. The van der Waals surface area contributed by atoms with Crippen molar-refractivity contribution in [1.29, 1.82) is 0 Å². The molecular formula is C20H27N3O4S. The van der Waals surface area contributed by atoms with E-state index < -0.39 is 9.84 Å². The first-order valence-electron chi connectivity index (χ1n) is 9.48. The molecule has 3 rings (SSSR count). The molecule has 1 aliphatic rings. The van der Waals surface area contributed by atoms with Gasteiger partial charge in [-0.25, -0.2) is 13.4 Å². The van der Waals surface area contributed by atoms with Crippen LogP contribution in [0.15, 0.2) is 41.0 Å². The summed E-state index contributed by atoms with van der Waals surface area (Å²) in [6.07, 6.45) is 2.91. The molecule has 0 aliphatic carbocycles. The van der Waals surface area contributed by atoms with Crippen molar-refractivity contribution in [2.45, 2.75) is 25.3 Å². The number of rotatable bonds is 8. The molecule has 8 heteroatoms. The van der Waals surface area contributed by atoms with Crippen LogP contribution in [0.1, 0.15) is 18.5 Å². The Morgan fingerprint density at radius 1 is 1.21 bits per heavy atom. The summed E-state index contributed by atoms with van der Waals surface area (Å²) in [5, 5.41) is 0. The topological polar surface area (TPSA) is 83.7 Å². The minimum atomic E-state index is -3.06. The Bertz CT molecular complexity index is 893. The SMILES string of the molecule is CN(C)CCCN(C(=O)Cc1coc(-c2ccccc2)n1)C1CCS(=O)(=O)C1. The lowest BCUT2D eigenvalue weighted by Crippen LogP contribution is -2.43. The molecule has 152 valence electrons. The van der Waals surface area contributed by atoms with Gasteiger partial charge in [0.2, 0.25) is 11.8 Å². The number of carbonyl (C=O) groups is 1. The maximum atomic E-state index is 13.0. The Hall–Kier alpha value is -2.19. The van der Waals surface area contributed by atoms with Crippen molar-refractivity contribution in [1.82, 2.24) is 14.8 Å². The molecule has 28 heavy (non-hydrogen) atoms. The first-order chi connectivity index (χ1) is 13.3. The van der Waals surface area contributed by atoms with Crippen LogP contribution in [0.5, 0.6) is 0 Å². The minimum absolute atomic E-state index is 0.0504. The van der Waals surface area contributed by atoms with Crippen LogP contribution in [0, 0.1) is 0 Å². The molecule has 1 amide bonds. The fraction of sp³-hybridized carbons (Fsp3) is 0.500. The normalized spacial score (nSPS) is 18.5. The average Bonchev–Trinajstić information content (AvgIpc) is 3.25. The summed E-state index contributed by atoms with van der Waals surface area (Å²) in [6.45, 7) is 1.38. The van der Waals surface area contributed by atoms with Gasteiger partial charge in [0.1, 0.15) is 6.26 Å². The number of amides is 1. The zero-order valence-electron chi connectivity index (χ0n) is 16.4. The summed E-state index contributed by atoms with van der Waals surface area (Å²) in [6, 6.07) is 9.26. The van der Waals surface area contributed by atoms with Crippen molar-refractivity contribution in [2.75, 3.05) is 38.7 Å². The van der Waals surface area contributed by atoms with Gasteiger partial charge >= 0.3 is 0 Å². The lowest BCUT2D eigenvalue weighted by Gasteiger charge is -2.28. The molecule has 2 heterocycles. The molecule has 0 spiro atoms. The Labute approximate surface area is 166 Å². The third-order valence-electron chi connectivity index (χ3n) is 4.88. The molecule has 7 nitrogen and oxygen atoms in total. The van der Waals surface area contributed by atoms with E-state index in [1.807, 2.05) is 44.4 Å². The first-order valence-corrected chi connectivity index (χ1v) is 11.3. The molecule has 1 aromatic carbocycles. The standard InChI is InChI=1S/C20H27N3O4S/c1-22(2)10-6-11-23(18-9-12-28(25,26)15-18)19(24)13-17-14-27-20(21-17)16-7-4-3-5-8-16/h3-5,7-8,14,18H,6,9-13,15H2,1-2H3. The van der Waals surface area contributed by atoms with Crippen molar-refractivity contribution in [3.63, 3.8) is 0 Å². The molecule has 1 fully saturated rings. The highest BCUT2D eigenvalue weighted by atomic mass is 32.2. The summed E-state index contributed by atoms with van der Waals surface area (Å²) < 4.78 is 29.3. The number of nitrogens with zero attached hydrogens (tertiary/aromatic N) is 3. The van der Waals surface area contributed by atoms with Crippen LogP contribution >= 0.6 is 0 Å². The molecule has 1 saturated heterocycles. The van der Waals surface area contributed by atoms with E-state index in [2.05, 4.69) is 9.88 Å². The van der Waals surface area contributed by atoms with Crippen LogP contribution in [0.25, 0.3) is 11.5 Å². The summed E-state index contributed by atoms with van der Waals surface area (Å²) in [5.74, 6) is 0.575. The van der Waals surface area contributed by atoms with Gasteiger partial charge in [-0.3, -0.25) is 4.79 Å². The fourth-order valence-corrected chi connectivity index (χ4v) is 5.18. The van der Waals surface area contributed by atoms with E-state index in [0.717, 1.165) is 18.5 Å². The smallest absolute Gasteiger partial charge is 0.228 e. The number of carbonyl (C=O) groups excluding carboxylic acids is 1. The zero-order chi connectivity index (χ0) is 20.1. The number of hydrogen-bond acceptors (Lipinski definition) is 6. The van der Waals surface area contributed by atoms with Crippen LogP contribution in [0.2, 0.25) is 0 Å². The van der Waals surface area contributed by atoms with Gasteiger partial charge in [-0.2, -0.15) is 0 Å². The molecule has 1 aromatic heterocycles. The minimum Gasteiger partial charge on any atom is -0.444 e. The predicted octanol–water partition coefficient (Wildman–Crippen LogP) is 1.85. The maximum Gasteiger partial charge on any atom is 0.228 e. The highest BCUT2D eigenvalue weighted by molar-refractivity contribution is 7.91. The van der Waals surface area contributed by atoms with Crippen LogP contribution in [0.3, 0.4) is 0 Å². The lowest BCUT2D eigenvalue weighted by molar-refractivity contribution is -0.132. The molecule has 0 saturated carbocycles. The van der Waals surface area contributed by atoms with Gasteiger partial charge < -0.3 is 14.2 Å². The van der Waals surface area contributed by atoms with E-state index in [0.29, 0.717) is 24.6 Å². The maximum absolute atomic E-state index is 13.0. The zero-order valence-corrected chi connectivity index (χ0v) is 17.2. The number of sulfone groups is 1. The van der Waals surface area contributed by atoms with E-state index in [1.165, 1.54) is 6.26 Å². The van der Waals surface area contributed by atoms with Gasteiger partial charge in [-0.05, 0) is 45.6 Å². The molecule has 1 atom stereocenters. The van der Waals surface area contributed by atoms with E-state index in [9.17, 15) is 13.2 Å². The molecule has 1 aliphatic heterocycles. The Morgan fingerprint density at radius 3 is 2.61 bits per heavy atom. The molecule has 0 N–H and O–H groups in total. The van der Waals surface area contributed by atoms with E-state index in [1.54, 1.807) is 4.90 Å². The van der Waals surface area contributed by atoms with E-state index >= 15 is 0 Å². The van der Waals surface area contributed by atoms with E-state index in [-0.39, 0.29) is 29.9 Å². The van der Waals surface area contributed by atoms with Gasteiger partial charge in [-0.1, -0.05) is 18.2 Å². The number of oxazole rings is 1. The second-order valence-electron chi connectivity index (χ2n) is 7.49. The Morgan fingerprint density at radius 2 is 1.96 bits per heavy atom. The molecule has 0 bridgehead atoms. The number of hydrogen-bond donors (Lipinski definition) is 0. The van der Waals surface area contributed by atoms with Crippen molar-refractivity contribution >= 4 is 15.7 Å². The average molecular weight is 406 g/mol.